The van der Waals surface area contributed by atoms with Gasteiger partial charge in [0.1, 0.15) is 12.2 Å². The number of rotatable bonds is 9. The van der Waals surface area contributed by atoms with Crippen molar-refractivity contribution >= 4 is 17.8 Å². The summed E-state index contributed by atoms with van der Waals surface area (Å²) in [6.07, 6.45) is -5.97. The van der Waals surface area contributed by atoms with Crippen LogP contribution in [0.3, 0.4) is 0 Å². The van der Waals surface area contributed by atoms with Gasteiger partial charge in [-0.15, -0.1) is 0 Å². The molecule has 122 valence electrons. The third-order valence-corrected chi connectivity index (χ3v) is 2.78. The molecule has 0 heterocycles. The van der Waals surface area contributed by atoms with Gasteiger partial charge in [-0.2, -0.15) is 0 Å². The molecule has 0 saturated heterocycles. The van der Waals surface area contributed by atoms with Crippen molar-refractivity contribution in [3.05, 3.63) is 0 Å². The van der Waals surface area contributed by atoms with Crippen molar-refractivity contribution in [2.45, 2.75) is 30.8 Å². The van der Waals surface area contributed by atoms with Crippen molar-refractivity contribution < 1.29 is 34.8 Å². The van der Waals surface area contributed by atoms with Gasteiger partial charge < -0.3 is 36.4 Å². The van der Waals surface area contributed by atoms with Gasteiger partial charge in [0.2, 0.25) is 11.8 Å². The van der Waals surface area contributed by atoms with Crippen LogP contribution >= 0.6 is 0 Å². The van der Waals surface area contributed by atoms with Crippen LogP contribution in [0.1, 0.15) is 6.42 Å². The maximum atomic E-state index is 11.6. The SMILES string of the molecule is CNC(=O)[C@H](CC(=O)NC[C@H](O)[C@@H](O)[C@H](O)C(=O)O)NC. The number of aliphatic hydroxyl groups excluding tert-OH is 3. The number of hydrogen-bond acceptors (Lipinski definition) is 7. The number of likely N-dealkylation sites (N-methyl/N-ethyl adjacent to an activating group) is 2. The van der Waals surface area contributed by atoms with Crippen molar-refractivity contribution in [2.24, 2.45) is 0 Å². The molecule has 0 bridgehead atoms. The Morgan fingerprint density at radius 1 is 1.10 bits per heavy atom. The smallest absolute Gasteiger partial charge is 0.335 e. The van der Waals surface area contributed by atoms with Gasteiger partial charge in [0.25, 0.3) is 0 Å². The lowest BCUT2D eigenvalue weighted by atomic mass is 10.1. The number of amides is 2. The minimum atomic E-state index is -2.16. The zero-order chi connectivity index (χ0) is 16.6. The van der Waals surface area contributed by atoms with E-state index >= 15 is 0 Å². The number of carbonyl (C=O) groups excluding carboxylic acids is 2. The Kier molecular flexibility index (Phi) is 8.47. The molecule has 0 fully saturated rings. The lowest BCUT2D eigenvalue weighted by molar-refractivity contribution is -0.157. The van der Waals surface area contributed by atoms with Crippen LogP contribution < -0.4 is 16.0 Å². The minimum Gasteiger partial charge on any atom is -0.479 e. The standard InChI is InChI=1S/C11H21N3O7/c1-12-5(10(19)13-2)3-7(16)14-4-6(15)8(17)9(18)11(20)21/h5-6,8-9,12,15,17-18H,3-4H2,1-2H3,(H,13,19)(H,14,16)(H,20,21)/t5-,6-,8+,9-/m0/s1. The molecular weight excluding hydrogens is 286 g/mol. The minimum absolute atomic E-state index is 0.208. The third-order valence-electron chi connectivity index (χ3n) is 2.78. The summed E-state index contributed by atoms with van der Waals surface area (Å²) >= 11 is 0. The highest BCUT2D eigenvalue weighted by Crippen LogP contribution is 2.00. The normalized spacial score (nSPS) is 16.4. The number of hydrogen-bond donors (Lipinski definition) is 7. The van der Waals surface area contributed by atoms with Crippen LogP contribution in [0.5, 0.6) is 0 Å². The quantitative estimate of drug-likeness (QED) is 0.226. The molecule has 4 atom stereocenters. The molecule has 0 aromatic rings. The summed E-state index contributed by atoms with van der Waals surface area (Å²) in [5.74, 6) is -2.67. The van der Waals surface area contributed by atoms with Gasteiger partial charge in [0, 0.05) is 13.6 Å². The first-order valence-corrected chi connectivity index (χ1v) is 6.17. The predicted molar refractivity (Wildman–Crippen MR) is 70.2 cm³/mol. The van der Waals surface area contributed by atoms with E-state index in [0.717, 1.165) is 0 Å². The highest BCUT2D eigenvalue weighted by atomic mass is 16.4. The van der Waals surface area contributed by atoms with Crippen molar-refractivity contribution in [2.75, 3.05) is 20.6 Å². The summed E-state index contributed by atoms with van der Waals surface area (Å²) in [6, 6.07) is -0.762. The number of carboxylic acid groups (broad SMARTS) is 1. The molecule has 0 aromatic heterocycles. The Hall–Kier alpha value is -1.75. The van der Waals surface area contributed by atoms with Crippen LogP contribution in [0.25, 0.3) is 0 Å². The molecule has 0 rings (SSSR count). The van der Waals surface area contributed by atoms with E-state index in [4.69, 9.17) is 10.2 Å². The first kappa shape index (κ1) is 19.2. The van der Waals surface area contributed by atoms with Crippen LogP contribution in [-0.4, -0.2) is 83.2 Å². The fourth-order valence-electron chi connectivity index (χ4n) is 1.45. The van der Waals surface area contributed by atoms with Gasteiger partial charge in [-0.25, -0.2) is 4.79 Å². The van der Waals surface area contributed by atoms with Gasteiger partial charge in [0.15, 0.2) is 6.10 Å². The van der Waals surface area contributed by atoms with E-state index in [-0.39, 0.29) is 6.42 Å². The molecule has 0 aliphatic heterocycles. The molecule has 0 aromatic carbocycles. The summed E-state index contributed by atoms with van der Waals surface area (Å²) < 4.78 is 0. The average molecular weight is 307 g/mol. The highest BCUT2D eigenvalue weighted by Gasteiger charge is 2.30. The number of aliphatic carboxylic acids is 1. The maximum absolute atomic E-state index is 11.6. The number of carboxylic acids is 1. The second-order valence-corrected chi connectivity index (χ2v) is 4.30. The Bertz CT molecular complexity index is 377. The van der Waals surface area contributed by atoms with Gasteiger partial charge in [-0.1, -0.05) is 0 Å². The third kappa shape index (κ3) is 6.49. The topological polar surface area (TPSA) is 168 Å². The first-order valence-electron chi connectivity index (χ1n) is 6.17. The van der Waals surface area contributed by atoms with E-state index < -0.39 is 48.7 Å². The largest absolute Gasteiger partial charge is 0.479 e. The van der Waals surface area contributed by atoms with Crippen LogP contribution in [-0.2, 0) is 14.4 Å². The summed E-state index contributed by atoms with van der Waals surface area (Å²) in [7, 11) is 2.91. The Labute approximate surface area is 121 Å². The fourth-order valence-corrected chi connectivity index (χ4v) is 1.45. The van der Waals surface area contributed by atoms with Crippen molar-refractivity contribution in [1.82, 2.24) is 16.0 Å². The second-order valence-electron chi connectivity index (χ2n) is 4.30. The van der Waals surface area contributed by atoms with E-state index in [9.17, 15) is 24.6 Å². The zero-order valence-corrected chi connectivity index (χ0v) is 11.7. The van der Waals surface area contributed by atoms with E-state index in [2.05, 4.69) is 16.0 Å². The molecule has 0 spiro atoms. The van der Waals surface area contributed by atoms with Crippen LogP contribution in [0, 0.1) is 0 Å². The molecule has 0 saturated carbocycles. The summed E-state index contributed by atoms with van der Waals surface area (Å²) in [5.41, 5.74) is 0. The number of aliphatic hydroxyl groups is 3. The first-order chi connectivity index (χ1) is 9.74. The van der Waals surface area contributed by atoms with E-state index in [1.807, 2.05) is 0 Å². The van der Waals surface area contributed by atoms with Gasteiger partial charge in [0.05, 0.1) is 12.5 Å². The molecule has 10 heteroatoms. The van der Waals surface area contributed by atoms with E-state index in [1.54, 1.807) is 0 Å². The van der Waals surface area contributed by atoms with E-state index in [1.165, 1.54) is 14.1 Å². The predicted octanol–water partition coefficient (Wildman–Crippen LogP) is -4.01. The Morgan fingerprint density at radius 3 is 2.10 bits per heavy atom. The van der Waals surface area contributed by atoms with Crippen LogP contribution in [0.2, 0.25) is 0 Å². The van der Waals surface area contributed by atoms with Crippen molar-refractivity contribution in [3.63, 3.8) is 0 Å². The highest BCUT2D eigenvalue weighted by molar-refractivity contribution is 5.88. The molecule has 0 aliphatic rings. The lowest BCUT2D eigenvalue weighted by Gasteiger charge is -2.21. The molecule has 7 N–H and O–H groups in total. The van der Waals surface area contributed by atoms with Crippen molar-refractivity contribution in [3.8, 4) is 0 Å². The molecular formula is C11H21N3O7. The van der Waals surface area contributed by atoms with Crippen LogP contribution in [0.15, 0.2) is 0 Å². The second kappa shape index (κ2) is 9.23. The molecule has 21 heavy (non-hydrogen) atoms. The number of carbonyl (C=O) groups is 3. The van der Waals surface area contributed by atoms with Gasteiger partial charge in [-0.05, 0) is 7.05 Å². The molecule has 2 amide bonds. The van der Waals surface area contributed by atoms with Crippen LogP contribution in [0.4, 0.5) is 0 Å². The zero-order valence-electron chi connectivity index (χ0n) is 11.7. The monoisotopic (exact) mass is 307 g/mol. The number of nitrogens with one attached hydrogen (secondary N) is 3. The van der Waals surface area contributed by atoms with Gasteiger partial charge >= 0.3 is 5.97 Å². The fraction of sp³-hybridized carbons (Fsp3) is 0.727. The summed E-state index contributed by atoms with van der Waals surface area (Å²) in [6.45, 7) is -0.464. The summed E-state index contributed by atoms with van der Waals surface area (Å²) in [5, 5.41) is 43.5. The van der Waals surface area contributed by atoms with E-state index in [0.29, 0.717) is 0 Å². The molecule has 10 nitrogen and oxygen atoms in total. The Morgan fingerprint density at radius 2 is 1.67 bits per heavy atom. The molecule has 0 unspecified atom stereocenters. The maximum Gasteiger partial charge on any atom is 0.335 e. The van der Waals surface area contributed by atoms with Gasteiger partial charge in [-0.3, -0.25) is 9.59 Å². The lowest BCUT2D eigenvalue weighted by Crippen LogP contribution is -2.49. The Balaban J connectivity index is 4.29. The summed E-state index contributed by atoms with van der Waals surface area (Å²) in [4.78, 5) is 33.3. The van der Waals surface area contributed by atoms with Crippen molar-refractivity contribution in [1.29, 1.82) is 0 Å². The average Bonchev–Trinajstić information content (AvgIpc) is 2.47. The molecule has 0 radical (unpaired) electrons. The molecule has 0 aliphatic carbocycles.